The van der Waals surface area contributed by atoms with Crippen LogP contribution < -0.4 is 5.73 Å². The lowest BCUT2D eigenvalue weighted by Crippen LogP contribution is -2.15. The van der Waals surface area contributed by atoms with E-state index in [4.69, 9.17) is 10.5 Å². The first kappa shape index (κ1) is 13.1. The van der Waals surface area contributed by atoms with E-state index in [0.29, 0.717) is 11.8 Å². The van der Waals surface area contributed by atoms with Gasteiger partial charge in [-0.3, -0.25) is 9.67 Å². The van der Waals surface area contributed by atoms with Crippen LogP contribution in [0.1, 0.15) is 31.7 Å². The Balaban J connectivity index is 1.88. The number of hydrogen-bond acceptors (Lipinski definition) is 3. The fourth-order valence-corrected chi connectivity index (χ4v) is 1.98. The molecule has 0 amide bonds. The van der Waals surface area contributed by atoms with Gasteiger partial charge in [0.2, 0.25) is 0 Å². The topological polar surface area (TPSA) is 65.4 Å². The highest BCUT2D eigenvalue weighted by Crippen LogP contribution is 2.12. The van der Waals surface area contributed by atoms with Gasteiger partial charge < -0.3 is 10.5 Å². The Morgan fingerprint density at radius 1 is 1.67 bits per heavy atom. The molecule has 0 aromatic carbocycles. The fourth-order valence-electron chi connectivity index (χ4n) is 1.98. The summed E-state index contributed by atoms with van der Waals surface area (Å²) in [6, 6.07) is 0. The van der Waals surface area contributed by atoms with Crippen LogP contribution in [0.5, 0.6) is 0 Å². The second-order valence-electron chi connectivity index (χ2n) is 4.80. The summed E-state index contributed by atoms with van der Waals surface area (Å²) in [6.45, 7) is 5.54. The molecule has 2 heterocycles. The van der Waals surface area contributed by atoms with E-state index in [9.17, 15) is 0 Å². The SMILES string of the molecule is CCCCn1cc(C(N)=NCC2CCOC2)cn1. The molecule has 0 spiro atoms. The van der Waals surface area contributed by atoms with Crippen molar-refractivity contribution >= 4 is 5.84 Å². The van der Waals surface area contributed by atoms with Gasteiger partial charge in [-0.1, -0.05) is 13.3 Å². The van der Waals surface area contributed by atoms with E-state index < -0.39 is 0 Å². The average molecular weight is 250 g/mol. The third kappa shape index (κ3) is 3.57. The molecule has 1 atom stereocenters. The van der Waals surface area contributed by atoms with Crippen LogP contribution in [0.15, 0.2) is 17.4 Å². The molecule has 18 heavy (non-hydrogen) atoms. The van der Waals surface area contributed by atoms with E-state index >= 15 is 0 Å². The molecule has 5 heteroatoms. The number of nitrogens with zero attached hydrogens (tertiary/aromatic N) is 3. The molecule has 1 aliphatic heterocycles. The molecular formula is C13H22N4O. The molecule has 1 unspecified atom stereocenters. The van der Waals surface area contributed by atoms with Crippen LogP contribution >= 0.6 is 0 Å². The predicted octanol–water partition coefficient (Wildman–Crippen LogP) is 1.43. The van der Waals surface area contributed by atoms with Gasteiger partial charge in [-0.05, 0) is 12.8 Å². The number of amidine groups is 1. The first-order valence-electron chi connectivity index (χ1n) is 6.70. The molecule has 0 saturated carbocycles. The van der Waals surface area contributed by atoms with Crippen molar-refractivity contribution in [2.45, 2.75) is 32.7 Å². The summed E-state index contributed by atoms with van der Waals surface area (Å²) in [5.41, 5.74) is 6.89. The summed E-state index contributed by atoms with van der Waals surface area (Å²) in [5.74, 6) is 1.11. The van der Waals surface area contributed by atoms with Crippen LogP contribution in [0.2, 0.25) is 0 Å². The van der Waals surface area contributed by atoms with Crippen molar-refractivity contribution in [1.82, 2.24) is 9.78 Å². The molecule has 1 saturated heterocycles. The van der Waals surface area contributed by atoms with Crippen LogP contribution in [-0.2, 0) is 11.3 Å². The van der Waals surface area contributed by atoms with Crippen molar-refractivity contribution in [3.63, 3.8) is 0 Å². The van der Waals surface area contributed by atoms with Crippen molar-refractivity contribution in [1.29, 1.82) is 0 Å². The Labute approximate surface area is 108 Å². The number of aromatic nitrogens is 2. The van der Waals surface area contributed by atoms with E-state index in [1.165, 1.54) is 6.42 Å². The number of aliphatic imine (C=N–C) groups is 1. The quantitative estimate of drug-likeness (QED) is 0.613. The number of ether oxygens (including phenoxy) is 1. The highest BCUT2D eigenvalue weighted by Gasteiger charge is 2.15. The summed E-state index contributed by atoms with van der Waals surface area (Å²) in [6.07, 6.45) is 7.16. The first-order valence-corrected chi connectivity index (χ1v) is 6.70. The molecule has 0 aliphatic carbocycles. The lowest BCUT2D eigenvalue weighted by Gasteiger charge is -2.03. The van der Waals surface area contributed by atoms with Gasteiger partial charge in [0, 0.05) is 31.8 Å². The minimum Gasteiger partial charge on any atom is -0.383 e. The zero-order valence-electron chi connectivity index (χ0n) is 11.0. The molecule has 1 aliphatic rings. The molecular weight excluding hydrogens is 228 g/mol. The van der Waals surface area contributed by atoms with E-state index in [2.05, 4.69) is 17.0 Å². The second kappa shape index (κ2) is 6.54. The van der Waals surface area contributed by atoms with Crippen molar-refractivity contribution in [3.05, 3.63) is 18.0 Å². The predicted molar refractivity (Wildman–Crippen MR) is 71.7 cm³/mol. The lowest BCUT2D eigenvalue weighted by molar-refractivity contribution is 0.187. The largest absolute Gasteiger partial charge is 0.383 e. The Hall–Kier alpha value is -1.36. The maximum absolute atomic E-state index is 5.97. The maximum Gasteiger partial charge on any atom is 0.128 e. The normalized spacial score (nSPS) is 20.5. The number of unbranched alkanes of at least 4 members (excludes halogenated alkanes) is 1. The Morgan fingerprint density at radius 2 is 2.56 bits per heavy atom. The number of hydrogen-bond donors (Lipinski definition) is 1. The van der Waals surface area contributed by atoms with E-state index in [1.54, 1.807) is 6.20 Å². The van der Waals surface area contributed by atoms with Crippen molar-refractivity contribution in [2.75, 3.05) is 19.8 Å². The summed E-state index contributed by atoms with van der Waals surface area (Å²) in [5, 5.41) is 4.29. The van der Waals surface area contributed by atoms with E-state index in [0.717, 1.165) is 44.7 Å². The lowest BCUT2D eigenvalue weighted by atomic mass is 10.1. The third-order valence-electron chi connectivity index (χ3n) is 3.21. The van der Waals surface area contributed by atoms with E-state index in [-0.39, 0.29) is 0 Å². The third-order valence-corrected chi connectivity index (χ3v) is 3.21. The second-order valence-corrected chi connectivity index (χ2v) is 4.80. The molecule has 2 rings (SSSR count). The van der Waals surface area contributed by atoms with Gasteiger partial charge in [-0.2, -0.15) is 5.10 Å². The molecule has 1 aromatic rings. The summed E-state index contributed by atoms with van der Waals surface area (Å²) in [7, 11) is 0. The van der Waals surface area contributed by atoms with Crippen LogP contribution in [0, 0.1) is 5.92 Å². The van der Waals surface area contributed by atoms with Crippen molar-refractivity contribution in [2.24, 2.45) is 16.6 Å². The van der Waals surface area contributed by atoms with Gasteiger partial charge in [0.05, 0.1) is 18.4 Å². The number of aryl methyl sites for hydroxylation is 1. The Kier molecular flexibility index (Phi) is 4.75. The van der Waals surface area contributed by atoms with Crippen LogP contribution in [0.4, 0.5) is 0 Å². The first-order chi connectivity index (χ1) is 8.79. The minimum absolute atomic E-state index is 0.527. The average Bonchev–Trinajstić information content (AvgIpc) is 3.04. The van der Waals surface area contributed by atoms with Gasteiger partial charge in [-0.25, -0.2) is 0 Å². The molecule has 1 fully saturated rings. The van der Waals surface area contributed by atoms with Crippen LogP contribution in [0.3, 0.4) is 0 Å². The smallest absolute Gasteiger partial charge is 0.128 e. The van der Waals surface area contributed by atoms with Gasteiger partial charge >= 0.3 is 0 Å². The van der Waals surface area contributed by atoms with Gasteiger partial charge in [0.15, 0.2) is 0 Å². The molecule has 0 radical (unpaired) electrons. The zero-order chi connectivity index (χ0) is 12.8. The maximum atomic E-state index is 5.97. The van der Waals surface area contributed by atoms with Gasteiger partial charge in [-0.15, -0.1) is 0 Å². The molecule has 100 valence electrons. The zero-order valence-corrected chi connectivity index (χ0v) is 11.0. The molecule has 5 nitrogen and oxygen atoms in total. The van der Waals surface area contributed by atoms with Gasteiger partial charge in [0.25, 0.3) is 0 Å². The highest BCUT2D eigenvalue weighted by molar-refractivity contribution is 5.96. The Morgan fingerprint density at radius 3 is 3.28 bits per heavy atom. The summed E-state index contributed by atoms with van der Waals surface area (Å²) >= 11 is 0. The fraction of sp³-hybridized carbons (Fsp3) is 0.692. The monoisotopic (exact) mass is 250 g/mol. The molecule has 2 N–H and O–H groups in total. The van der Waals surface area contributed by atoms with Crippen molar-refractivity contribution < 1.29 is 4.74 Å². The Bertz CT molecular complexity index is 393. The number of rotatable bonds is 6. The van der Waals surface area contributed by atoms with Crippen molar-refractivity contribution in [3.8, 4) is 0 Å². The van der Waals surface area contributed by atoms with Crippen LogP contribution in [0.25, 0.3) is 0 Å². The standard InChI is InChI=1S/C13H22N4O/c1-2-3-5-17-9-12(8-16-17)13(14)15-7-11-4-6-18-10-11/h8-9,11H,2-7,10H2,1H3,(H2,14,15). The molecule has 1 aromatic heterocycles. The van der Waals surface area contributed by atoms with Crippen LogP contribution in [-0.4, -0.2) is 35.4 Å². The summed E-state index contributed by atoms with van der Waals surface area (Å²) in [4.78, 5) is 4.43. The molecule has 0 bridgehead atoms. The minimum atomic E-state index is 0.527. The van der Waals surface area contributed by atoms with E-state index in [1.807, 2.05) is 10.9 Å². The summed E-state index contributed by atoms with van der Waals surface area (Å²) < 4.78 is 7.25. The van der Waals surface area contributed by atoms with Gasteiger partial charge in [0.1, 0.15) is 5.84 Å². The highest BCUT2D eigenvalue weighted by atomic mass is 16.5. The number of nitrogens with two attached hydrogens (primary N) is 1.